The summed E-state index contributed by atoms with van der Waals surface area (Å²) < 4.78 is 5.47. The molecule has 3 N–H and O–H groups in total. The molecule has 3 heteroatoms. The van der Waals surface area contributed by atoms with Crippen LogP contribution < -0.4 is 11.1 Å². The van der Waals surface area contributed by atoms with Gasteiger partial charge in [0.1, 0.15) is 0 Å². The molecule has 0 amide bonds. The predicted octanol–water partition coefficient (Wildman–Crippen LogP) is 2.23. The first-order valence-corrected chi connectivity index (χ1v) is 6.32. The molecule has 0 bridgehead atoms. The van der Waals surface area contributed by atoms with Crippen molar-refractivity contribution >= 4 is 5.69 Å². The number of hydrogen-bond donors (Lipinski definition) is 2. The normalized spacial score (nSPS) is 24.1. The number of ether oxygens (including phenoxy) is 1. The Hall–Kier alpha value is -1.06. The fourth-order valence-corrected chi connectivity index (χ4v) is 2.54. The molecule has 0 radical (unpaired) electrons. The highest BCUT2D eigenvalue weighted by molar-refractivity contribution is 5.47. The smallest absolute Gasteiger partial charge is 0.0724 e. The van der Waals surface area contributed by atoms with Crippen molar-refractivity contribution in [1.82, 2.24) is 5.32 Å². The van der Waals surface area contributed by atoms with E-state index in [1.165, 1.54) is 24.8 Å². The van der Waals surface area contributed by atoms with Gasteiger partial charge < -0.3 is 15.8 Å². The maximum atomic E-state index is 5.81. The summed E-state index contributed by atoms with van der Waals surface area (Å²) in [6.07, 6.45) is 4.03. The third kappa shape index (κ3) is 2.99. The number of rotatable bonds is 4. The first-order chi connectivity index (χ1) is 8.20. The molecule has 0 aromatic heterocycles. The third-order valence-corrected chi connectivity index (χ3v) is 3.66. The molecule has 0 spiro atoms. The first kappa shape index (κ1) is 12.4. The van der Waals surface area contributed by atoms with Crippen LogP contribution >= 0.6 is 0 Å². The number of aryl methyl sites for hydroxylation is 1. The maximum absolute atomic E-state index is 5.81. The van der Waals surface area contributed by atoms with Gasteiger partial charge in [-0.1, -0.05) is 12.1 Å². The van der Waals surface area contributed by atoms with Crippen LogP contribution in [0.25, 0.3) is 0 Å². The zero-order valence-corrected chi connectivity index (χ0v) is 10.7. The molecule has 1 aliphatic carbocycles. The largest absolute Gasteiger partial charge is 0.399 e. The average Bonchev–Trinajstić information content (AvgIpc) is 2.78. The minimum absolute atomic E-state index is 0.380. The van der Waals surface area contributed by atoms with E-state index in [9.17, 15) is 0 Å². The number of nitrogens with one attached hydrogen (secondary N) is 1. The van der Waals surface area contributed by atoms with E-state index in [2.05, 4.69) is 17.4 Å². The Labute approximate surface area is 103 Å². The van der Waals surface area contributed by atoms with Gasteiger partial charge in [-0.25, -0.2) is 0 Å². The fourth-order valence-electron chi connectivity index (χ4n) is 2.54. The lowest BCUT2D eigenvalue weighted by Crippen LogP contribution is -2.36. The summed E-state index contributed by atoms with van der Waals surface area (Å²) in [5, 5.41) is 3.58. The summed E-state index contributed by atoms with van der Waals surface area (Å²) in [5.74, 6) is 0. The third-order valence-electron chi connectivity index (χ3n) is 3.66. The van der Waals surface area contributed by atoms with Gasteiger partial charge in [-0.3, -0.25) is 0 Å². The van der Waals surface area contributed by atoms with Gasteiger partial charge >= 0.3 is 0 Å². The summed E-state index contributed by atoms with van der Waals surface area (Å²) in [7, 11) is 1.80. The molecule has 1 saturated carbocycles. The van der Waals surface area contributed by atoms with Gasteiger partial charge in [-0.2, -0.15) is 0 Å². The second kappa shape index (κ2) is 5.52. The number of methoxy groups -OCH3 is 1. The van der Waals surface area contributed by atoms with Gasteiger partial charge in [0.25, 0.3) is 0 Å². The summed E-state index contributed by atoms with van der Waals surface area (Å²) in [6.45, 7) is 2.94. The molecule has 1 aliphatic rings. The lowest BCUT2D eigenvalue weighted by Gasteiger charge is -2.19. The Bertz CT molecular complexity index is 378. The molecule has 1 aromatic rings. The van der Waals surface area contributed by atoms with E-state index in [0.29, 0.717) is 12.1 Å². The van der Waals surface area contributed by atoms with Crippen LogP contribution in [0.4, 0.5) is 5.69 Å². The number of benzene rings is 1. The van der Waals surface area contributed by atoms with E-state index in [4.69, 9.17) is 10.5 Å². The Morgan fingerprint density at radius 2 is 2.24 bits per heavy atom. The van der Waals surface area contributed by atoms with Crippen LogP contribution in [0.3, 0.4) is 0 Å². The number of hydrogen-bond acceptors (Lipinski definition) is 3. The zero-order chi connectivity index (χ0) is 12.3. The van der Waals surface area contributed by atoms with Crippen molar-refractivity contribution in [1.29, 1.82) is 0 Å². The van der Waals surface area contributed by atoms with Gasteiger partial charge in [0.05, 0.1) is 6.10 Å². The van der Waals surface area contributed by atoms with Crippen LogP contribution in [0, 0.1) is 6.92 Å². The summed E-state index contributed by atoms with van der Waals surface area (Å²) in [5.41, 5.74) is 9.12. The Kier molecular flexibility index (Phi) is 4.02. The molecule has 1 aromatic carbocycles. The van der Waals surface area contributed by atoms with E-state index in [1.54, 1.807) is 7.11 Å². The first-order valence-electron chi connectivity index (χ1n) is 6.32. The van der Waals surface area contributed by atoms with Gasteiger partial charge in [0, 0.05) is 25.4 Å². The van der Waals surface area contributed by atoms with Crippen molar-refractivity contribution in [3.63, 3.8) is 0 Å². The Morgan fingerprint density at radius 3 is 2.94 bits per heavy atom. The second-order valence-corrected chi connectivity index (χ2v) is 4.88. The molecule has 2 rings (SSSR count). The fraction of sp³-hybridized carbons (Fsp3) is 0.571. The summed E-state index contributed by atoms with van der Waals surface area (Å²) in [6, 6.07) is 6.72. The quantitative estimate of drug-likeness (QED) is 0.785. The van der Waals surface area contributed by atoms with Crippen LogP contribution in [0.5, 0.6) is 0 Å². The number of nitrogen functional groups attached to an aromatic ring is 1. The van der Waals surface area contributed by atoms with Crippen LogP contribution in [0.15, 0.2) is 18.2 Å². The van der Waals surface area contributed by atoms with E-state index in [-0.39, 0.29) is 0 Å². The average molecular weight is 234 g/mol. The van der Waals surface area contributed by atoms with Crippen LogP contribution in [0.2, 0.25) is 0 Å². The molecule has 1 fully saturated rings. The Balaban J connectivity index is 1.91. The molecule has 0 aliphatic heterocycles. The van der Waals surface area contributed by atoms with Crippen molar-refractivity contribution in [2.45, 2.75) is 44.9 Å². The van der Waals surface area contributed by atoms with E-state index < -0.39 is 0 Å². The van der Waals surface area contributed by atoms with Gasteiger partial charge in [-0.15, -0.1) is 0 Å². The van der Waals surface area contributed by atoms with Crippen LogP contribution in [-0.2, 0) is 11.3 Å². The summed E-state index contributed by atoms with van der Waals surface area (Å²) >= 11 is 0. The van der Waals surface area contributed by atoms with Crippen molar-refractivity contribution in [3.8, 4) is 0 Å². The highest BCUT2D eigenvalue weighted by atomic mass is 16.5. The molecule has 0 saturated heterocycles. The van der Waals surface area contributed by atoms with Crippen molar-refractivity contribution in [2.75, 3.05) is 12.8 Å². The molecular weight excluding hydrogens is 212 g/mol. The molecule has 2 unspecified atom stereocenters. The van der Waals surface area contributed by atoms with E-state index in [0.717, 1.165) is 17.8 Å². The van der Waals surface area contributed by atoms with Gasteiger partial charge in [0.2, 0.25) is 0 Å². The lowest BCUT2D eigenvalue weighted by molar-refractivity contribution is 0.0847. The lowest BCUT2D eigenvalue weighted by atomic mass is 10.1. The number of nitrogens with two attached hydrogens (primary N) is 1. The molecule has 2 atom stereocenters. The van der Waals surface area contributed by atoms with Crippen molar-refractivity contribution in [2.24, 2.45) is 0 Å². The summed E-state index contributed by atoms with van der Waals surface area (Å²) in [4.78, 5) is 0. The Morgan fingerprint density at radius 1 is 1.41 bits per heavy atom. The highest BCUT2D eigenvalue weighted by Gasteiger charge is 2.26. The SMILES string of the molecule is COC1CCCC1NCc1ccc(N)c(C)c1. The van der Waals surface area contributed by atoms with Crippen LogP contribution in [-0.4, -0.2) is 19.3 Å². The van der Waals surface area contributed by atoms with Gasteiger partial charge in [-0.05, 0) is 43.4 Å². The van der Waals surface area contributed by atoms with Gasteiger partial charge in [0.15, 0.2) is 0 Å². The number of anilines is 1. The van der Waals surface area contributed by atoms with E-state index in [1.807, 2.05) is 13.0 Å². The maximum Gasteiger partial charge on any atom is 0.0724 e. The molecule has 0 heterocycles. The highest BCUT2D eigenvalue weighted by Crippen LogP contribution is 2.22. The minimum Gasteiger partial charge on any atom is -0.399 e. The topological polar surface area (TPSA) is 47.3 Å². The van der Waals surface area contributed by atoms with Crippen molar-refractivity contribution in [3.05, 3.63) is 29.3 Å². The molecular formula is C14H22N2O. The standard InChI is InChI=1S/C14H22N2O/c1-10-8-11(6-7-12(10)15)9-16-13-4-3-5-14(13)17-2/h6-8,13-14,16H,3-5,9,15H2,1-2H3. The van der Waals surface area contributed by atoms with Crippen LogP contribution in [0.1, 0.15) is 30.4 Å². The zero-order valence-electron chi connectivity index (χ0n) is 10.7. The van der Waals surface area contributed by atoms with E-state index >= 15 is 0 Å². The molecule has 94 valence electrons. The predicted molar refractivity (Wildman–Crippen MR) is 70.9 cm³/mol. The monoisotopic (exact) mass is 234 g/mol. The molecule has 17 heavy (non-hydrogen) atoms. The van der Waals surface area contributed by atoms with Crippen molar-refractivity contribution < 1.29 is 4.74 Å². The second-order valence-electron chi connectivity index (χ2n) is 4.88. The minimum atomic E-state index is 0.380. The molecule has 3 nitrogen and oxygen atoms in total.